The summed E-state index contributed by atoms with van der Waals surface area (Å²) in [5.41, 5.74) is 5.03. The van der Waals surface area contributed by atoms with Gasteiger partial charge in [0, 0.05) is 18.5 Å². The SMILES string of the molecule is CCCC(C)NC(=O)C(c1ccc(O)cc1)N(C(=O)C(CCC(N)=O)NC(=O)OC(C)(C)C)C(C)CC. The summed E-state index contributed by atoms with van der Waals surface area (Å²) in [6.07, 6.45) is 1.12. The lowest BCUT2D eigenvalue weighted by Crippen LogP contribution is -2.56. The Balaban J connectivity index is 3.52. The van der Waals surface area contributed by atoms with E-state index in [1.54, 1.807) is 32.9 Å². The molecule has 0 aliphatic rings. The molecule has 4 amide bonds. The lowest BCUT2D eigenvalue weighted by Gasteiger charge is -2.38. The highest BCUT2D eigenvalue weighted by atomic mass is 16.6. The van der Waals surface area contributed by atoms with Gasteiger partial charge >= 0.3 is 6.09 Å². The molecule has 208 valence electrons. The molecule has 5 N–H and O–H groups in total. The maximum absolute atomic E-state index is 14.0. The summed E-state index contributed by atoms with van der Waals surface area (Å²) in [4.78, 5) is 53.2. The number of aromatic hydroxyl groups is 1. The van der Waals surface area contributed by atoms with E-state index in [-0.39, 0.29) is 30.5 Å². The molecular weight excluding hydrogens is 476 g/mol. The van der Waals surface area contributed by atoms with Crippen molar-refractivity contribution in [3.63, 3.8) is 0 Å². The Morgan fingerprint density at radius 1 is 1.03 bits per heavy atom. The van der Waals surface area contributed by atoms with Crippen molar-refractivity contribution < 1.29 is 29.0 Å². The average molecular weight is 521 g/mol. The van der Waals surface area contributed by atoms with Crippen LogP contribution in [0.5, 0.6) is 5.75 Å². The van der Waals surface area contributed by atoms with Gasteiger partial charge in [0.15, 0.2) is 0 Å². The maximum atomic E-state index is 14.0. The van der Waals surface area contributed by atoms with E-state index < -0.39 is 41.6 Å². The van der Waals surface area contributed by atoms with Gasteiger partial charge in [-0.05, 0) is 71.6 Å². The number of carbonyl (C=O) groups is 4. The first-order chi connectivity index (χ1) is 17.2. The number of phenols is 1. The van der Waals surface area contributed by atoms with Gasteiger partial charge in [-0.15, -0.1) is 0 Å². The second-order valence-corrected chi connectivity index (χ2v) is 10.4. The van der Waals surface area contributed by atoms with Crippen LogP contribution in [0.1, 0.15) is 92.2 Å². The Morgan fingerprint density at radius 3 is 2.11 bits per heavy atom. The first-order valence-corrected chi connectivity index (χ1v) is 12.9. The zero-order chi connectivity index (χ0) is 28.3. The van der Waals surface area contributed by atoms with Crippen LogP contribution >= 0.6 is 0 Å². The number of benzene rings is 1. The highest BCUT2D eigenvalue weighted by molar-refractivity contribution is 5.92. The molecule has 37 heavy (non-hydrogen) atoms. The van der Waals surface area contributed by atoms with E-state index in [0.717, 1.165) is 12.8 Å². The molecule has 0 aliphatic carbocycles. The second kappa shape index (κ2) is 14.4. The molecule has 4 unspecified atom stereocenters. The first kappa shape index (κ1) is 31.7. The third-order valence-electron chi connectivity index (χ3n) is 5.83. The number of carbonyl (C=O) groups excluding carboxylic acids is 4. The van der Waals surface area contributed by atoms with Crippen LogP contribution in [0.4, 0.5) is 4.79 Å². The van der Waals surface area contributed by atoms with E-state index in [0.29, 0.717) is 12.0 Å². The molecule has 1 rings (SSSR count). The van der Waals surface area contributed by atoms with Crippen LogP contribution < -0.4 is 16.4 Å². The Bertz CT molecular complexity index is 912. The molecule has 0 spiro atoms. The monoisotopic (exact) mass is 520 g/mol. The Morgan fingerprint density at radius 2 is 1.62 bits per heavy atom. The molecule has 1 aromatic rings. The second-order valence-electron chi connectivity index (χ2n) is 10.4. The summed E-state index contributed by atoms with van der Waals surface area (Å²) >= 11 is 0. The van der Waals surface area contributed by atoms with Crippen molar-refractivity contribution in [1.29, 1.82) is 0 Å². The molecule has 10 nitrogen and oxygen atoms in total. The van der Waals surface area contributed by atoms with Crippen molar-refractivity contribution in [2.24, 2.45) is 5.73 Å². The standard InChI is InChI=1S/C27H44N4O6/c1-8-10-17(3)29-24(34)23(19-11-13-20(32)14-12-19)31(18(4)9-2)25(35)21(15-16-22(28)33)30-26(36)37-27(5,6)7/h11-14,17-18,21,23,32H,8-10,15-16H2,1-7H3,(H2,28,33)(H,29,34)(H,30,36). The van der Waals surface area contributed by atoms with Gasteiger partial charge in [-0.1, -0.05) is 32.4 Å². The van der Waals surface area contributed by atoms with Crippen LogP contribution in [0.3, 0.4) is 0 Å². The van der Waals surface area contributed by atoms with E-state index in [1.165, 1.54) is 17.0 Å². The van der Waals surface area contributed by atoms with Gasteiger partial charge in [-0.2, -0.15) is 0 Å². The number of hydrogen-bond donors (Lipinski definition) is 4. The summed E-state index contributed by atoms with van der Waals surface area (Å²) in [7, 11) is 0. The predicted molar refractivity (Wildman–Crippen MR) is 142 cm³/mol. The minimum Gasteiger partial charge on any atom is -0.508 e. The number of nitrogens with two attached hydrogens (primary N) is 1. The molecule has 0 bridgehead atoms. The van der Waals surface area contributed by atoms with E-state index in [2.05, 4.69) is 10.6 Å². The molecule has 0 saturated carbocycles. The van der Waals surface area contributed by atoms with Crippen molar-refractivity contribution in [2.75, 3.05) is 0 Å². The lowest BCUT2D eigenvalue weighted by molar-refractivity contribution is -0.145. The smallest absolute Gasteiger partial charge is 0.408 e. The molecule has 1 aromatic carbocycles. The number of alkyl carbamates (subject to hydrolysis) is 1. The Hall–Kier alpha value is -3.30. The first-order valence-electron chi connectivity index (χ1n) is 12.9. The van der Waals surface area contributed by atoms with Crippen molar-refractivity contribution in [1.82, 2.24) is 15.5 Å². The molecule has 0 radical (unpaired) electrons. The average Bonchev–Trinajstić information content (AvgIpc) is 2.78. The van der Waals surface area contributed by atoms with Gasteiger partial charge in [0.2, 0.25) is 17.7 Å². The Labute approximate surface area is 220 Å². The number of phenolic OH excluding ortho intramolecular Hbond substituents is 1. The van der Waals surface area contributed by atoms with Gasteiger partial charge in [-0.3, -0.25) is 14.4 Å². The van der Waals surface area contributed by atoms with Gasteiger partial charge in [0.05, 0.1) is 0 Å². The molecule has 10 heteroatoms. The van der Waals surface area contributed by atoms with E-state index in [4.69, 9.17) is 10.5 Å². The van der Waals surface area contributed by atoms with Crippen molar-refractivity contribution in [2.45, 2.75) is 110 Å². The zero-order valence-corrected chi connectivity index (χ0v) is 23.2. The minimum absolute atomic E-state index is 0.0228. The molecular formula is C27H44N4O6. The number of hydrogen-bond acceptors (Lipinski definition) is 6. The fraction of sp³-hybridized carbons (Fsp3) is 0.630. The maximum Gasteiger partial charge on any atom is 0.408 e. The summed E-state index contributed by atoms with van der Waals surface area (Å²) in [6, 6.07) is 3.35. The third-order valence-corrected chi connectivity index (χ3v) is 5.83. The van der Waals surface area contributed by atoms with Gasteiger partial charge in [0.25, 0.3) is 0 Å². The lowest BCUT2D eigenvalue weighted by atomic mass is 9.98. The quantitative estimate of drug-likeness (QED) is 0.312. The van der Waals surface area contributed by atoms with E-state index in [9.17, 15) is 24.3 Å². The van der Waals surface area contributed by atoms with Crippen molar-refractivity contribution in [3.8, 4) is 5.75 Å². The zero-order valence-electron chi connectivity index (χ0n) is 23.2. The van der Waals surface area contributed by atoms with Crippen LogP contribution in [-0.2, 0) is 19.1 Å². The number of primary amides is 1. The number of amides is 4. The van der Waals surface area contributed by atoms with Crippen molar-refractivity contribution in [3.05, 3.63) is 29.8 Å². The molecule has 0 aliphatic heterocycles. The minimum atomic E-state index is -1.16. The molecule has 0 heterocycles. The van der Waals surface area contributed by atoms with Crippen LogP contribution in [0, 0.1) is 0 Å². The largest absolute Gasteiger partial charge is 0.508 e. The number of ether oxygens (including phenoxy) is 1. The van der Waals surface area contributed by atoms with Gasteiger partial charge in [0.1, 0.15) is 23.4 Å². The highest BCUT2D eigenvalue weighted by Gasteiger charge is 2.38. The predicted octanol–water partition coefficient (Wildman–Crippen LogP) is 3.52. The summed E-state index contributed by atoms with van der Waals surface area (Å²) in [5.74, 6) is -1.53. The molecule has 0 saturated heterocycles. The van der Waals surface area contributed by atoms with Gasteiger partial charge in [-0.25, -0.2) is 4.79 Å². The molecule has 0 fully saturated rings. The van der Waals surface area contributed by atoms with Crippen LogP contribution in [0.15, 0.2) is 24.3 Å². The molecule has 4 atom stereocenters. The topological polar surface area (TPSA) is 151 Å². The highest BCUT2D eigenvalue weighted by Crippen LogP contribution is 2.28. The van der Waals surface area contributed by atoms with Crippen LogP contribution in [-0.4, -0.2) is 57.5 Å². The number of nitrogens with zero attached hydrogens (tertiary/aromatic N) is 1. The van der Waals surface area contributed by atoms with E-state index >= 15 is 0 Å². The van der Waals surface area contributed by atoms with E-state index in [1.807, 2.05) is 27.7 Å². The summed E-state index contributed by atoms with van der Waals surface area (Å²) in [5, 5.41) is 15.4. The summed E-state index contributed by atoms with van der Waals surface area (Å²) in [6.45, 7) is 12.7. The van der Waals surface area contributed by atoms with Crippen molar-refractivity contribution >= 4 is 23.8 Å². The number of rotatable bonds is 13. The fourth-order valence-electron chi connectivity index (χ4n) is 3.89. The number of nitrogens with one attached hydrogen (secondary N) is 2. The normalized spacial score (nSPS) is 14.6. The van der Waals surface area contributed by atoms with Crippen LogP contribution in [0.25, 0.3) is 0 Å². The Kier molecular flexibility index (Phi) is 12.4. The molecule has 0 aromatic heterocycles. The summed E-state index contributed by atoms with van der Waals surface area (Å²) < 4.78 is 5.33. The van der Waals surface area contributed by atoms with Gasteiger partial charge < -0.3 is 31.1 Å². The fourth-order valence-corrected chi connectivity index (χ4v) is 3.89. The van der Waals surface area contributed by atoms with Crippen LogP contribution in [0.2, 0.25) is 0 Å². The third kappa shape index (κ3) is 10.7.